The smallest absolute Gasteiger partial charge is 0.238 e. The molecule has 0 aromatic heterocycles. The van der Waals surface area contributed by atoms with Crippen LogP contribution in [0, 0.1) is 0 Å². The first kappa shape index (κ1) is 16.4. The van der Waals surface area contributed by atoms with Gasteiger partial charge in [0.25, 0.3) is 0 Å². The average molecular weight is 306 g/mol. The summed E-state index contributed by atoms with van der Waals surface area (Å²) in [5, 5.41) is 3.34. The minimum absolute atomic E-state index is 0.00476. The molecule has 4 heteroatoms. The quantitative estimate of drug-likeness (QED) is 0.905. The van der Waals surface area contributed by atoms with Crippen LogP contribution in [0.5, 0.6) is 0 Å². The Morgan fingerprint density at radius 3 is 2.48 bits per heavy atom. The number of nitrogens with one attached hydrogen (secondary N) is 1. The first-order valence-electron chi connectivity index (χ1n) is 7.52. The van der Waals surface area contributed by atoms with Crippen LogP contribution < -0.4 is 5.32 Å². The van der Waals surface area contributed by atoms with Crippen molar-refractivity contribution in [1.82, 2.24) is 10.2 Å². The highest BCUT2D eigenvalue weighted by Crippen LogP contribution is 2.30. The Morgan fingerprint density at radius 1 is 1.33 bits per heavy atom. The van der Waals surface area contributed by atoms with Crippen molar-refractivity contribution in [2.75, 3.05) is 19.3 Å². The van der Waals surface area contributed by atoms with Gasteiger partial charge in [0.2, 0.25) is 5.91 Å². The highest BCUT2D eigenvalue weighted by atomic mass is 32.2. The van der Waals surface area contributed by atoms with E-state index in [0.29, 0.717) is 12.5 Å². The molecule has 1 amide bonds. The van der Waals surface area contributed by atoms with E-state index in [1.807, 2.05) is 4.90 Å². The van der Waals surface area contributed by atoms with E-state index >= 15 is 0 Å². The molecule has 0 radical (unpaired) electrons. The van der Waals surface area contributed by atoms with Crippen molar-refractivity contribution >= 4 is 17.7 Å². The minimum atomic E-state index is 0.00476. The second kappa shape index (κ2) is 6.41. The SMILES string of the molecule is CSC(C)(C)CN1C(=O)CNC1c1ccc(C(C)C)cc1. The van der Waals surface area contributed by atoms with Gasteiger partial charge in [-0.05, 0) is 37.1 Å². The van der Waals surface area contributed by atoms with E-state index in [-0.39, 0.29) is 16.8 Å². The summed E-state index contributed by atoms with van der Waals surface area (Å²) in [6.07, 6.45) is 2.10. The van der Waals surface area contributed by atoms with E-state index in [9.17, 15) is 4.79 Å². The van der Waals surface area contributed by atoms with Gasteiger partial charge in [-0.3, -0.25) is 10.1 Å². The molecule has 116 valence electrons. The van der Waals surface area contributed by atoms with Crippen LogP contribution in [0.2, 0.25) is 0 Å². The van der Waals surface area contributed by atoms with Gasteiger partial charge in [-0.1, -0.05) is 38.1 Å². The number of thioether (sulfide) groups is 1. The summed E-state index contributed by atoms with van der Waals surface area (Å²) in [6.45, 7) is 9.95. The number of carbonyl (C=O) groups excluding carboxylic acids is 1. The molecule has 3 nitrogen and oxygen atoms in total. The normalized spacial score (nSPS) is 19.6. The lowest BCUT2D eigenvalue weighted by Gasteiger charge is -2.32. The molecule has 1 aromatic carbocycles. The summed E-state index contributed by atoms with van der Waals surface area (Å²) in [5.41, 5.74) is 2.50. The molecule has 1 N–H and O–H groups in total. The van der Waals surface area contributed by atoms with E-state index in [1.54, 1.807) is 11.8 Å². The van der Waals surface area contributed by atoms with Crippen LogP contribution in [0.1, 0.15) is 50.9 Å². The standard InChI is InChI=1S/C17H26N2OS/c1-12(2)13-6-8-14(9-7-13)16-18-10-15(20)19(16)11-17(3,4)21-5/h6-9,12,16,18H,10-11H2,1-5H3. The zero-order chi connectivity index (χ0) is 15.6. The number of amides is 1. The Balaban J connectivity index is 2.19. The second-order valence-electron chi connectivity index (χ2n) is 6.59. The minimum Gasteiger partial charge on any atom is -0.320 e. The monoisotopic (exact) mass is 306 g/mol. The molecule has 0 spiro atoms. The van der Waals surface area contributed by atoms with Crippen molar-refractivity contribution in [2.45, 2.75) is 44.5 Å². The first-order valence-corrected chi connectivity index (χ1v) is 8.74. The van der Waals surface area contributed by atoms with Gasteiger partial charge in [-0.25, -0.2) is 0 Å². The lowest BCUT2D eigenvalue weighted by Crippen LogP contribution is -2.40. The van der Waals surface area contributed by atoms with Crippen LogP contribution in [-0.4, -0.2) is 34.9 Å². The largest absolute Gasteiger partial charge is 0.320 e. The first-order chi connectivity index (χ1) is 9.84. The van der Waals surface area contributed by atoms with Crippen molar-refractivity contribution in [3.63, 3.8) is 0 Å². The molecule has 1 aliphatic heterocycles. The third-order valence-corrected chi connectivity index (χ3v) is 5.34. The molecular formula is C17H26N2OS. The van der Waals surface area contributed by atoms with E-state index in [1.165, 1.54) is 11.1 Å². The van der Waals surface area contributed by atoms with Crippen LogP contribution in [0.4, 0.5) is 0 Å². The molecule has 1 aliphatic rings. The molecule has 1 unspecified atom stereocenters. The lowest BCUT2D eigenvalue weighted by atomic mass is 10.0. The summed E-state index contributed by atoms with van der Waals surface area (Å²) in [4.78, 5) is 14.2. The fourth-order valence-corrected chi connectivity index (χ4v) is 2.82. The van der Waals surface area contributed by atoms with Gasteiger partial charge in [0.15, 0.2) is 0 Å². The maximum atomic E-state index is 12.2. The summed E-state index contributed by atoms with van der Waals surface area (Å²) < 4.78 is 0.0673. The van der Waals surface area contributed by atoms with Gasteiger partial charge in [0.1, 0.15) is 6.17 Å². The zero-order valence-electron chi connectivity index (χ0n) is 13.6. The lowest BCUT2D eigenvalue weighted by molar-refractivity contribution is -0.128. The van der Waals surface area contributed by atoms with Crippen molar-refractivity contribution in [2.24, 2.45) is 0 Å². The molecule has 21 heavy (non-hydrogen) atoms. The molecule has 0 bridgehead atoms. The van der Waals surface area contributed by atoms with Gasteiger partial charge >= 0.3 is 0 Å². The molecule has 0 saturated carbocycles. The Morgan fingerprint density at radius 2 is 1.95 bits per heavy atom. The number of carbonyl (C=O) groups is 1. The fourth-order valence-electron chi connectivity index (χ4n) is 2.55. The van der Waals surface area contributed by atoms with Crippen molar-refractivity contribution in [3.05, 3.63) is 35.4 Å². The predicted octanol–water partition coefficient (Wildman–Crippen LogP) is 3.38. The molecular weight excluding hydrogens is 280 g/mol. The van der Waals surface area contributed by atoms with E-state index in [2.05, 4.69) is 63.5 Å². The number of hydrogen-bond donors (Lipinski definition) is 1. The topological polar surface area (TPSA) is 32.3 Å². The maximum Gasteiger partial charge on any atom is 0.238 e. The number of hydrogen-bond acceptors (Lipinski definition) is 3. The van der Waals surface area contributed by atoms with Crippen LogP contribution >= 0.6 is 11.8 Å². The number of rotatable bonds is 5. The van der Waals surface area contributed by atoms with Crippen molar-refractivity contribution < 1.29 is 4.79 Å². The fraction of sp³-hybridized carbons (Fsp3) is 0.588. The Labute approximate surface area is 132 Å². The van der Waals surface area contributed by atoms with Crippen LogP contribution in [0.15, 0.2) is 24.3 Å². The second-order valence-corrected chi connectivity index (χ2v) is 8.10. The third kappa shape index (κ3) is 3.80. The Bertz CT molecular complexity index is 496. The third-order valence-electron chi connectivity index (χ3n) is 4.10. The summed E-state index contributed by atoms with van der Waals surface area (Å²) in [5.74, 6) is 0.721. The van der Waals surface area contributed by atoms with Gasteiger partial charge < -0.3 is 4.90 Å². The van der Waals surface area contributed by atoms with Gasteiger partial charge in [-0.15, -0.1) is 0 Å². The molecule has 1 aromatic rings. The Kier molecular flexibility index (Phi) is 4.99. The molecule has 2 rings (SSSR count). The Hall–Kier alpha value is -1.00. The summed E-state index contributed by atoms with van der Waals surface area (Å²) >= 11 is 1.80. The molecule has 1 heterocycles. The van der Waals surface area contributed by atoms with Gasteiger partial charge in [0.05, 0.1) is 6.54 Å². The van der Waals surface area contributed by atoms with E-state index in [4.69, 9.17) is 0 Å². The average Bonchev–Trinajstić information content (AvgIpc) is 2.80. The molecule has 1 fully saturated rings. The molecule has 1 atom stereocenters. The van der Waals surface area contributed by atoms with E-state index in [0.717, 1.165) is 6.54 Å². The highest BCUT2D eigenvalue weighted by Gasteiger charge is 2.35. The highest BCUT2D eigenvalue weighted by molar-refractivity contribution is 7.99. The molecule has 1 saturated heterocycles. The van der Waals surface area contributed by atoms with Crippen LogP contribution in [0.3, 0.4) is 0 Å². The van der Waals surface area contributed by atoms with Gasteiger partial charge in [0, 0.05) is 11.3 Å². The van der Waals surface area contributed by atoms with E-state index < -0.39 is 0 Å². The predicted molar refractivity (Wildman–Crippen MR) is 90.6 cm³/mol. The summed E-state index contributed by atoms with van der Waals surface area (Å²) in [7, 11) is 0. The van der Waals surface area contributed by atoms with Crippen LogP contribution in [0.25, 0.3) is 0 Å². The van der Waals surface area contributed by atoms with Gasteiger partial charge in [-0.2, -0.15) is 11.8 Å². The zero-order valence-corrected chi connectivity index (χ0v) is 14.5. The molecule has 0 aliphatic carbocycles. The van der Waals surface area contributed by atoms with Crippen molar-refractivity contribution in [1.29, 1.82) is 0 Å². The maximum absolute atomic E-state index is 12.2. The van der Waals surface area contributed by atoms with Crippen LogP contribution in [-0.2, 0) is 4.79 Å². The number of nitrogens with zero attached hydrogens (tertiary/aromatic N) is 1. The number of benzene rings is 1. The van der Waals surface area contributed by atoms with Crippen molar-refractivity contribution in [3.8, 4) is 0 Å². The summed E-state index contributed by atoms with van der Waals surface area (Å²) in [6, 6.07) is 8.63.